The Morgan fingerprint density at radius 2 is 1.91 bits per heavy atom. The fourth-order valence-corrected chi connectivity index (χ4v) is 5.12. The quantitative estimate of drug-likeness (QED) is 0.411. The Morgan fingerprint density at radius 3 is 2.78 bits per heavy atom. The summed E-state index contributed by atoms with van der Waals surface area (Å²) in [4.78, 5) is 13.6. The molecule has 0 spiro atoms. The van der Waals surface area contributed by atoms with Crippen LogP contribution in [0.15, 0.2) is 60.8 Å². The maximum Gasteiger partial charge on any atom is 0.162 e. The summed E-state index contributed by atoms with van der Waals surface area (Å²) in [5, 5.41) is 11.8. The van der Waals surface area contributed by atoms with Crippen LogP contribution in [-0.2, 0) is 11.3 Å². The van der Waals surface area contributed by atoms with Crippen LogP contribution in [0, 0.1) is 0 Å². The maximum absolute atomic E-state index is 5.58. The second-order valence-electron chi connectivity index (χ2n) is 7.75. The Balaban J connectivity index is 1.44. The molecule has 4 heterocycles. The van der Waals surface area contributed by atoms with E-state index in [0.717, 1.165) is 63.6 Å². The zero-order valence-electron chi connectivity index (χ0n) is 17.4. The third-order valence-corrected chi connectivity index (χ3v) is 6.80. The zero-order chi connectivity index (χ0) is 21.3. The van der Waals surface area contributed by atoms with Crippen LogP contribution in [0.4, 0.5) is 11.5 Å². The van der Waals surface area contributed by atoms with Gasteiger partial charge < -0.3 is 15.0 Å². The Morgan fingerprint density at radius 1 is 1.03 bits per heavy atom. The highest BCUT2D eigenvalue weighted by Gasteiger charge is 2.21. The normalized spacial score (nSPS) is 14.3. The van der Waals surface area contributed by atoms with E-state index in [1.807, 2.05) is 36.5 Å². The number of aromatic amines is 1. The molecule has 3 aromatic heterocycles. The van der Waals surface area contributed by atoms with Crippen LogP contribution in [0.3, 0.4) is 0 Å². The van der Waals surface area contributed by atoms with Crippen molar-refractivity contribution in [3.05, 3.63) is 65.7 Å². The van der Waals surface area contributed by atoms with Crippen LogP contribution in [0.1, 0.15) is 4.88 Å². The van der Waals surface area contributed by atoms with E-state index in [-0.39, 0.29) is 0 Å². The van der Waals surface area contributed by atoms with E-state index in [2.05, 4.69) is 44.7 Å². The molecule has 6 rings (SSSR count). The zero-order valence-corrected chi connectivity index (χ0v) is 18.2. The van der Waals surface area contributed by atoms with Crippen molar-refractivity contribution in [2.45, 2.75) is 6.54 Å². The van der Waals surface area contributed by atoms with Crippen molar-refractivity contribution in [3.63, 3.8) is 0 Å². The second kappa shape index (κ2) is 8.22. The Hall–Kier alpha value is -3.49. The van der Waals surface area contributed by atoms with Gasteiger partial charge in [0.05, 0.1) is 35.1 Å². The fraction of sp³-hybridized carbons (Fsp3) is 0.208. The maximum atomic E-state index is 5.58. The first-order valence-corrected chi connectivity index (χ1v) is 11.5. The molecule has 0 aliphatic carbocycles. The number of hydrogen-bond donors (Lipinski definition) is 2. The molecule has 1 fully saturated rings. The number of morpholine rings is 1. The third-order valence-electron chi connectivity index (χ3n) is 5.68. The van der Waals surface area contributed by atoms with Gasteiger partial charge in [0.15, 0.2) is 11.6 Å². The van der Waals surface area contributed by atoms with Crippen molar-refractivity contribution in [2.75, 3.05) is 36.5 Å². The molecule has 0 atom stereocenters. The molecule has 2 aromatic carbocycles. The molecule has 7 nitrogen and oxygen atoms in total. The van der Waals surface area contributed by atoms with Gasteiger partial charge in [-0.05, 0) is 24.3 Å². The first kappa shape index (κ1) is 19.2. The van der Waals surface area contributed by atoms with Crippen molar-refractivity contribution >= 4 is 44.0 Å². The number of para-hydroxylation sites is 1. The number of hydrogen-bond acceptors (Lipinski definition) is 7. The molecule has 2 N–H and O–H groups in total. The van der Waals surface area contributed by atoms with Gasteiger partial charge in [0, 0.05) is 41.1 Å². The number of nitrogens with zero attached hydrogens (tertiary/aromatic N) is 4. The molecular weight excluding hydrogens is 420 g/mol. The summed E-state index contributed by atoms with van der Waals surface area (Å²) in [6.07, 6.45) is 1.84. The monoisotopic (exact) mass is 442 g/mol. The highest BCUT2D eigenvalue weighted by Crippen LogP contribution is 2.36. The number of anilines is 2. The third kappa shape index (κ3) is 3.57. The van der Waals surface area contributed by atoms with Crippen molar-refractivity contribution < 1.29 is 4.74 Å². The minimum atomic E-state index is 0.714. The summed E-state index contributed by atoms with van der Waals surface area (Å²) in [5.74, 6) is 1.72. The van der Waals surface area contributed by atoms with Gasteiger partial charge >= 0.3 is 0 Å². The average molecular weight is 443 g/mol. The highest BCUT2D eigenvalue weighted by atomic mass is 32.1. The van der Waals surface area contributed by atoms with Gasteiger partial charge in [-0.1, -0.05) is 30.3 Å². The number of aromatic nitrogens is 4. The standard InChI is InChI=1S/C24H22N6OS/c1-2-5-16(6-3-1)25-14-17-13-21-22(32-17)24(30-9-11-31-12-10-30)28-23(27-21)18-7-4-8-20-19(18)15-26-29-20/h1-8,13,15,25H,9-12,14H2,(H,26,29). The first-order valence-electron chi connectivity index (χ1n) is 10.7. The molecule has 0 unspecified atom stereocenters. The summed E-state index contributed by atoms with van der Waals surface area (Å²) < 4.78 is 6.71. The van der Waals surface area contributed by atoms with E-state index >= 15 is 0 Å². The predicted octanol–water partition coefficient (Wildman–Crippen LogP) is 4.68. The number of thiophene rings is 1. The van der Waals surface area contributed by atoms with Crippen LogP contribution in [0.2, 0.25) is 0 Å². The largest absolute Gasteiger partial charge is 0.380 e. The van der Waals surface area contributed by atoms with E-state index in [4.69, 9.17) is 14.7 Å². The number of fused-ring (bicyclic) bond motifs is 2. The second-order valence-corrected chi connectivity index (χ2v) is 8.89. The number of nitrogens with one attached hydrogen (secondary N) is 2. The number of benzene rings is 2. The molecule has 1 aliphatic heterocycles. The Labute approximate surface area is 189 Å². The van der Waals surface area contributed by atoms with Crippen molar-refractivity contribution in [3.8, 4) is 11.4 Å². The minimum Gasteiger partial charge on any atom is -0.380 e. The molecule has 1 saturated heterocycles. The first-order chi connectivity index (χ1) is 15.8. The van der Waals surface area contributed by atoms with Crippen LogP contribution < -0.4 is 10.2 Å². The average Bonchev–Trinajstić information content (AvgIpc) is 3.50. The molecule has 5 aromatic rings. The van der Waals surface area contributed by atoms with Crippen LogP contribution in [0.25, 0.3) is 32.5 Å². The molecule has 0 amide bonds. The minimum absolute atomic E-state index is 0.714. The summed E-state index contributed by atoms with van der Waals surface area (Å²) in [5.41, 5.74) is 4.06. The lowest BCUT2D eigenvalue weighted by molar-refractivity contribution is 0.122. The van der Waals surface area contributed by atoms with Crippen molar-refractivity contribution in [1.82, 2.24) is 20.2 Å². The van der Waals surface area contributed by atoms with E-state index < -0.39 is 0 Å². The highest BCUT2D eigenvalue weighted by molar-refractivity contribution is 7.19. The van der Waals surface area contributed by atoms with Gasteiger partial charge in [-0.3, -0.25) is 5.10 Å². The topological polar surface area (TPSA) is 79.0 Å². The lowest BCUT2D eigenvalue weighted by Gasteiger charge is -2.28. The summed E-state index contributed by atoms with van der Waals surface area (Å²) in [6.45, 7) is 3.84. The SMILES string of the molecule is c1ccc(NCc2cc3nc(-c4cccc5[nH]ncc45)nc(N4CCOCC4)c3s2)cc1. The number of H-pyrrole nitrogens is 1. The van der Waals surface area contributed by atoms with Crippen molar-refractivity contribution in [2.24, 2.45) is 0 Å². The van der Waals surface area contributed by atoms with Crippen LogP contribution in [-0.4, -0.2) is 46.5 Å². The molecule has 0 bridgehead atoms. The summed E-state index contributed by atoms with van der Waals surface area (Å²) in [7, 11) is 0. The van der Waals surface area contributed by atoms with E-state index in [1.54, 1.807) is 11.3 Å². The molecular formula is C24H22N6OS. The van der Waals surface area contributed by atoms with Gasteiger partial charge in [-0.2, -0.15) is 5.10 Å². The van der Waals surface area contributed by atoms with Gasteiger partial charge in [0.1, 0.15) is 0 Å². The predicted molar refractivity (Wildman–Crippen MR) is 129 cm³/mol. The fourth-order valence-electron chi connectivity index (χ4n) is 4.07. The van der Waals surface area contributed by atoms with Gasteiger partial charge in [-0.25, -0.2) is 9.97 Å². The molecule has 0 saturated carbocycles. The lowest BCUT2D eigenvalue weighted by atomic mass is 10.1. The summed E-state index contributed by atoms with van der Waals surface area (Å²) in [6, 6.07) is 18.5. The molecule has 0 radical (unpaired) electrons. The Kier molecular flexibility index (Phi) is 4.93. The van der Waals surface area contributed by atoms with Crippen LogP contribution >= 0.6 is 11.3 Å². The number of ether oxygens (including phenoxy) is 1. The summed E-state index contributed by atoms with van der Waals surface area (Å²) >= 11 is 1.76. The van der Waals surface area contributed by atoms with Crippen LogP contribution in [0.5, 0.6) is 0 Å². The van der Waals surface area contributed by atoms with Gasteiger partial charge in [0.25, 0.3) is 0 Å². The number of rotatable bonds is 5. The molecule has 8 heteroatoms. The molecule has 32 heavy (non-hydrogen) atoms. The molecule has 160 valence electrons. The van der Waals surface area contributed by atoms with E-state index in [1.165, 1.54) is 4.88 Å². The molecule has 1 aliphatic rings. The van der Waals surface area contributed by atoms with Gasteiger partial charge in [-0.15, -0.1) is 11.3 Å². The lowest BCUT2D eigenvalue weighted by Crippen LogP contribution is -2.36. The van der Waals surface area contributed by atoms with E-state index in [0.29, 0.717) is 13.2 Å². The van der Waals surface area contributed by atoms with Crippen molar-refractivity contribution in [1.29, 1.82) is 0 Å². The Bertz CT molecular complexity index is 1370. The smallest absolute Gasteiger partial charge is 0.162 e. The van der Waals surface area contributed by atoms with E-state index in [9.17, 15) is 0 Å². The van der Waals surface area contributed by atoms with Gasteiger partial charge in [0.2, 0.25) is 0 Å².